The molecule has 16 heavy (non-hydrogen) atoms. The first-order chi connectivity index (χ1) is 7.17. The topological polar surface area (TPSA) is 165 Å². The van der Waals surface area contributed by atoms with Crippen LogP contribution in [0.1, 0.15) is 6.42 Å². The van der Waals surface area contributed by atoms with Crippen LogP contribution >= 0.6 is 7.82 Å². The van der Waals surface area contributed by atoms with E-state index >= 15 is 0 Å². The van der Waals surface area contributed by atoms with Crippen LogP contribution in [0.25, 0.3) is 0 Å². The molecule has 0 rings (SSSR count). The molecule has 6 N–H and O–H groups in total. The van der Waals surface area contributed by atoms with Crippen molar-refractivity contribution in [3.8, 4) is 0 Å². The molecule has 0 aliphatic heterocycles. The third-order valence-electron chi connectivity index (χ3n) is 1.57. The SMILES string of the molecule is O=C(C[C@@H](O)[C@@H](O)[C@H](O)CO)OP(=O)(O)O. The summed E-state index contributed by atoms with van der Waals surface area (Å²) in [4.78, 5) is 27.2. The maximum Gasteiger partial charge on any atom is 0.526 e. The Labute approximate surface area is 90.2 Å². The maximum absolute atomic E-state index is 10.8. The van der Waals surface area contributed by atoms with Gasteiger partial charge in [-0.05, 0) is 0 Å². The largest absolute Gasteiger partial charge is 0.526 e. The van der Waals surface area contributed by atoms with Crippen molar-refractivity contribution in [2.45, 2.75) is 24.7 Å². The Morgan fingerprint density at radius 2 is 1.69 bits per heavy atom. The minimum atomic E-state index is -4.99. The van der Waals surface area contributed by atoms with Crippen molar-refractivity contribution >= 4 is 13.8 Å². The molecule has 0 aromatic heterocycles. The van der Waals surface area contributed by atoms with Gasteiger partial charge in [0.05, 0.1) is 19.1 Å². The molecule has 0 amide bonds. The minimum Gasteiger partial charge on any atom is -0.394 e. The van der Waals surface area contributed by atoms with Gasteiger partial charge in [0.2, 0.25) is 0 Å². The van der Waals surface area contributed by atoms with Gasteiger partial charge in [0.25, 0.3) is 0 Å². The minimum absolute atomic E-state index is 0.842. The summed E-state index contributed by atoms with van der Waals surface area (Å²) in [5.74, 6) is -1.44. The Hall–Kier alpha value is -0.540. The molecule has 0 aromatic rings. The van der Waals surface area contributed by atoms with Crippen molar-refractivity contribution in [2.75, 3.05) is 6.61 Å². The van der Waals surface area contributed by atoms with Crippen LogP contribution in [0, 0.1) is 0 Å². The highest BCUT2D eigenvalue weighted by Crippen LogP contribution is 2.36. The normalized spacial score (nSPS) is 17.6. The van der Waals surface area contributed by atoms with Crippen molar-refractivity contribution in [3.63, 3.8) is 0 Å². The molecule has 0 aromatic carbocycles. The Morgan fingerprint density at radius 1 is 1.19 bits per heavy atom. The van der Waals surface area contributed by atoms with Gasteiger partial charge in [0.15, 0.2) is 0 Å². The maximum atomic E-state index is 10.8. The van der Waals surface area contributed by atoms with Crippen LogP contribution in [0.3, 0.4) is 0 Å². The molecule has 0 radical (unpaired) electrons. The Balaban J connectivity index is 4.19. The molecule has 0 fully saturated rings. The molecule has 0 spiro atoms. The lowest BCUT2D eigenvalue weighted by atomic mass is 10.1. The summed E-state index contributed by atoms with van der Waals surface area (Å²) in [7, 11) is -4.99. The van der Waals surface area contributed by atoms with Gasteiger partial charge in [-0.1, -0.05) is 0 Å². The molecule has 0 heterocycles. The predicted octanol–water partition coefficient (Wildman–Crippen LogP) is -2.91. The predicted molar refractivity (Wildman–Crippen MR) is 47.9 cm³/mol. The summed E-state index contributed by atoms with van der Waals surface area (Å²) in [6.45, 7) is -0.842. The molecule has 0 saturated heterocycles. The second-order valence-electron chi connectivity index (χ2n) is 2.97. The summed E-state index contributed by atoms with van der Waals surface area (Å²) in [5, 5.41) is 35.5. The number of hydrogen-bond acceptors (Lipinski definition) is 7. The van der Waals surface area contributed by atoms with Crippen molar-refractivity contribution in [1.82, 2.24) is 0 Å². The first-order valence-corrected chi connectivity index (χ1v) is 5.63. The first kappa shape index (κ1) is 15.5. The Bertz CT molecular complexity index is 273. The second-order valence-corrected chi connectivity index (χ2v) is 4.13. The van der Waals surface area contributed by atoms with E-state index < -0.39 is 45.1 Å². The average molecular weight is 260 g/mol. The van der Waals surface area contributed by atoms with Gasteiger partial charge in [-0.3, -0.25) is 14.6 Å². The summed E-state index contributed by atoms with van der Waals surface area (Å²) in [6.07, 6.45) is -6.23. The van der Waals surface area contributed by atoms with Crippen LogP contribution in [0.5, 0.6) is 0 Å². The summed E-state index contributed by atoms with van der Waals surface area (Å²) < 4.78 is 13.8. The highest BCUT2D eigenvalue weighted by Gasteiger charge is 2.29. The zero-order valence-electron chi connectivity index (χ0n) is 8.00. The van der Waals surface area contributed by atoms with E-state index in [-0.39, 0.29) is 0 Å². The van der Waals surface area contributed by atoms with E-state index in [1.54, 1.807) is 0 Å². The lowest BCUT2D eigenvalue weighted by molar-refractivity contribution is -0.142. The van der Waals surface area contributed by atoms with Crippen molar-refractivity contribution in [1.29, 1.82) is 0 Å². The third-order valence-corrected chi connectivity index (χ3v) is 2.01. The van der Waals surface area contributed by atoms with Crippen molar-refractivity contribution in [2.24, 2.45) is 0 Å². The fourth-order valence-electron chi connectivity index (χ4n) is 0.826. The fraction of sp³-hybridized carbons (Fsp3) is 0.833. The first-order valence-electron chi connectivity index (χ1n) is 4.10. The molecular weight excluding hydrogens is 247 g/mol. The van der Waals surface area contributed by atoms with E-state index in [0.717, 1.165) is 0 Å². The number of aliphatic hydroxyl groups excluding tert-OH is 4. The van der Waals surface area contributed by atoms with E-state index in [9.17, 15) is 9.36 Å². The van der Waals surface area contributed by atoms with Crippen LogP contribution in [-0.2, 0) is 13.9 Å². The number of phosphoric ester groups is 1. The molecule has 0 bridgehead atoms. The lowest BCUT2D eigenvalue weighted by Gasteiger charge is -2.20. The van der Waals surface area contributed by atoms with Crippen LogP contribution < -0.4 is 0 Å². The molecule has 0 saturated carbocycles. The molecule has 9 nitrogen and oxygen atoms in total. The number of carbonyl (C=O) groups excluding carboxylic acids is 1. The molecule has 10 heteroatoms. The summed E-state index contributed by atoms with van der Waals surface area (Å²) >= 11 is 0. The zero-order valence-corrected chi connectivity index (χ0v) is 8.90. The number of phosphoric acid groups is 1. The van der Waals surface area contributed by atoms with E-state index in [0.29, 0.717) is 0 Å². The van der Waals surface area contributed by atoms with Gasteiger partial charge in [0.1, 0.15) is 12.2 Å². The van der Waals surface area contributed by atoms with Gasteiger partial charge in [-0.2, -0.15) is 0 Å². The second kappa shape index (κ2) is 6.26. The average Bonchev–Trinajstić information content (AvgIpc) is 2.12. The number of aliphatic hydroxyl groups is 4. The highest BCUT2D eigenvalue weighted by molar-refractivity contribution is 7.46. The molecule has 3 atom stereocenters. The van der Waals surface area contributed by atoms with E-state index in [2.05, 4.69) is 4.52 Å². The number of hydrogen-bond donors (Lipinski definition) is 6. The van der Waals surface area contributed by atoms with Gasteiger partial charge in [-0.15, -0.1) is 0 Å². The Morgan fingerprint density at radius 3 is 2.06 bits per heavy atom. The van der Waals surface area contributed by atoms with Gasteiger partial charge in [0, 0.05) is 0 Å². The van der Waals surface area contributed by atoms with E-state index in [1.807, 2.05) is 0 Å². The van der Waals surface area contributed by atoms with Crippen LogP contribution in [0.2, 0.25) is 0 Å². The molecule has 96 valence electrons. The molecular formula is C6H13O9P. The third kappa shape index (κ3) is 6.13. The molecule has 0 aliphatic carbocycles. The number of carbonyl (C=O) groups is 1. The van der Waals surface area contributed by atoms with E-state index in [1.165, 1.54) is 0 Å². The van der Waals surface area contributed by atoms with Gasteiger partial charge in [-0.25, -0.2) is 4.57 Å². The fourth-order valence-corrected chi connectivity index (χ4v) is 1.17. The monoisotopic (exact) mass is 260 g/mol. The van der Waals surface area contributed by atoms with E-state index in [4.69, 9.17) is 30.2 Å². The van der Waals surface area contributed by atoms with Gasteiger partial charge < -0.3 is 24.9 Å². The lowest BCUT2D eigenvalue weighted by Crippen LogP contribution is -2.40. The smallest absolute Gasteiger partial charge is 0.394 e. The van der Waals surface area contributed by atoms with Crippen LogP contribution in [0.4, 0.5) is 0 Å². The Kier molecular flexibility index (Phi) is 6.05. The summed E-state index contributed by atoms with van der Waals surface area (Å²) in [6, 6.07) is 0. The van der Waals surface area contributed by atoms with Gasteiger partial charge >= 0.3 is 13.8 Å². The molecule has 0 unspecified atom stereocenters. The standard InChI is InChI=1S/C6H13O9P/c7-2-4(9)6(11)3(8)1-5(10)15-16(12,13)14/h3-4,6-9,11H,1-2H2,(H2,12,13,14)/t3-,4-,6-/m1/s1. The van der Waals surface area contributed by atoms with Crippen LogP contribution in [0.15, 0.2) is 0 Å². The van der Waals surface area contributed by atoms with Crippen molar-refractivity contribution < 1.29 is 44.1 Å². The highest BCUT2D eigenvalue weighted by atomic mass is 31.2. The number of rotatable bonds is 6. The molecule has 0 aliphatic rings. The van der Waals surface area contributed by atoms with Crippen LogP contribution in [-0.4, -0.2) is 61.1 Å². The summed E-state index contributed by atoms with van der Waals surface area (Å²) in [5.41, 5.74) is 0. The quantitative estimate of drug-likeness (QED) is 0.274. The van der Waals surface area contributed by atoms with Crippen molar-refractivity contribution in [3.05, 3.63) is 0 Å². The zero-order chi connectivity index (χ0) is 12.9.